The van der Waals surface area contributed by atoms with E-state index in [1.54, 1.807) is 19.9 Å². The van der Waals surface area contributed by atoms with Gasteiger partial charge in [0.15, 0.2) is 0 Å². The summed E-state index contributed by atoms with van der Waals surface area (Å²) >= 11 is 0. The predicted octanol–water partition coefficient (Wildman–Crippen LogP) is 6.85. The van der Waals surface area contributed by atoms with Gasteiger partial charge in [-0.1, -0.05) is 45.1 Å². The van der Waals surface area contributed by atoms with Crippen LogP contribution in [0.25, 0.3) is 0 Å². The van der Waals surface area contributed by atoms with Crippen molar-refractivity contribution in [1.29, 1.82) is 0 Å². The second kappa shape index (κ2) is 9.63. The van der Waals surface area contributed by atoms with E-state index in [4.69, 9.17) is 4.74 Å². The Morgan fingerprint density at radius 1 is 1.06 bits per heavy atom. The van der Waals surface area contributed by atoms with Gasteiger partial charge in [-0.05, 0) is 119 Å². The van der Waals surface area contributed by atoms with E-state index in [0.717, 1.165) is 38.5 Å². The van der Waals surface area contributed by atoms with Gasteiger partial charge in [0.25, 0.3) is 0 Å². The monoisotopic (exact) mass is 488 g/mol. The molecular formula is C31H52O4. The number of methoxy groups -OCH3 is 1. The molecule has 3 rings (SSSR count). The molecule has 0 radical (unpaired) electrons. The number of carbonyl (C=O) groups excluding carboxylic acids is 1. The Labute approximate surface area is 214 Å². The fourth-order valence-electron chi connectivity index (χ4n) is 9.22. The summed E-state index contributed by atoms with van der Waals surface area (Å²) in [6.45, 7) is 19.6. The fraction of sp³-hybridized carbons (Fsp3) is 0.839. The zero-order valence-electron chi connectivity index (χ0n) is 23.7. The van der Waals surface area contributed by atoms with E-state index in [0.29, 0.717) is 30.6 Å². The van der Waals surface area contributed by atoms with E-state index < -0.39 is 11.2 Å². The number of hydrogen-bond acceptors (Lipinski definition) is 4. The van der Waals surface area contributed by atoms with Crippen LogP contribution in [0.15, 0.2) is 24.3 Å². The number of carbonyl (C=O) groups is 1. The van der Waals surface area contributed by atoms with Gasteiger partial charge in [-0.2, -0.15) is 0 Å². The van der Waals surface area contributed by atoms with Gasteiger partial charge in [0.05, 0.1) is 18.3 Å². The average Bonchev–Trinajstić information content (AvgIpc) is 3.10. The summed E-state index contributed by atoms with van der Waals surface area (Å²) in [5, 5.41) is 21.7. The van der Waals surface area contributed by atoms with Crippen molar-refractivity contribution in [2.24, 2.45) is 39.9 Å². The van der Waals surface area contributed by atoms with Crippen molar-refractivity contribution in [3.05, 3.63) is 24.3 Å². The molecule has 0 aromatic carbocycles. The maximum absolute atomic E-state index is 12.2. The zero-order valence-corrected chi connectivity index (χ0v) is 23.7. The van der Waals surface area contributed by atoms with E-state index in [-0.39, 0.29) is 28.1 Å². The lowest BCUT2D eigenvalue weighted by Gasteiger charge is -2.66. The lowest BCUT2D eigenvalue weighted by molar-refractivity contribution is -0.178. The summed E-state index contributed by atoms with van der Waals surface area (Å²) in [6, 6.07) is 0. The molecule has 0 heterocycles. The van der Waals surface area contributed by atoms with E-state index in [2.05, 4.69) is 34.3 Å². The van der Waals surface area contributed by atoms with E-state index in [1.807, 2.05) is 13.0 Å². The lowest BCUT2D eigenvalue weighted by atomic mass is 9.38. The van der Waals surface area contributed by atoms with E-state index >= 15 is 0 Å². The van der Waals surface area contributed by atoms with Crippen LogP contribution in [0.5, 0.6) is 0 Å². The molecule has 0 spiro atoms. The Morgan fingerprint density at radius 3 is 2.26 bits per heavy atom. The Kier molecular flexibility index (Phi) is 7.83. The minimum absolute atomic E-state index is 0.0249. The second-order valence-electron chi connectivity index (χ2n) is 13.9. The number of rotatable bonds is 8. The molecule has 35 heavy (non-hydrogen) atoms. The van der Waals surface area contributed by atoms with Crippen LogP contribution in [0.2, 0.25) is 0 Å². The van der Waals surface area contributed by atoms with Crippen LogP contribution >= 0.6 is 0 Å². The molecule has 2 N–H and O–H groups in total. The summed E-state index contributed by atoms with van der Waals surface area (Å²) in [5.41, 5.74) is -0.0365. The van der Waals surface area contributed by atoms with Crippen LogP contribution in [-0.2, 0) is 9.53 Å². The molecular weight excluding hydrogens is 436 g/mol. The highest BCUT2D eigenvalue weighted by Crippen LogP contribution is 2.74. The normalized spacial score (nSPS) is 41.2. The first-order valence-electron chi connectivity index (χ1n) is 13.9. The molecule has 0 saturated heterocycles. The fourth-order valence-corrected chi connectivity index (χ4v) is 9.22. The Hall–Kier alpha value is -1.13. The number of esters is 1. The number of aliphatic hydroxyl groups is 2. The van der Waals surface area contributed by atoms with Gasteiger partial charge >= 0.3 is 5.97 Å². The zero-order chi connectivity index (χ0) is 26.4. The summed E-state index contributed by atoms with van der Waals surface area (Å²) in [6.07, 6.45) is 12.4. The molecule has 3 saturated carbocycles. The van der Waals surface area contributed by atoms with Gasteiger partial charge in [0.1, 0.15) is 0 Å². The van der Waals surface area contributed by atoms with Crippen molar-refractivity contribution >= 4 is 5.97 Å². The van der Waals surface area contributed by atoms with Crippen molar-refractivity contribution in [2.45, 2.75) is 117 Å². The highest BCUT2D eigenvalue weighted by Gasteiger charge is 2.67. The molecule has 8 atom stereocenters. The lowest BCUT2D eigenvalue weighted by Crippen LogP contribution is -2.60. The predicted molar refractivity (Wildman–Crippen MR) is 143 cm³/mol. The van der Waals surface area contributed by atoms with Crippen molar-refractivity contribution in [1.82, 2.24) is 0 Å². The maximum Gasteiger partial charge on any atom is 0.305 e. The first-order chi connectivity index (χ1) is 16.0. The third kappa shape index (κ3) is 5.04. The molecule has 200 valence electrons. The van der Waals surface area contributed by atoms with Crippen LogP contribution < -0.4 is 0 Å². The summed E-state index contributed by atoms with van der Waals surface area (Å²) < 4.78 is 5.03. The van der Waals surface area contributed by atoms with E-state index in [9.17, 15) is 15.0 Å². The topological polar surface area (TPSA) is 66.8 Å². The second-order valence-corrected chi connectivity index (χ2v) is 13.9. The third-order valence-electron chi connectivity index (χ3n) is 11.2. The Balaban J connectivity index is 1.91. The summed E-state index contributed by atoms with van der Waals surface area (Å²) in [7, 11) is 1.49. The Bertz CT molecular complexity index is 835. The SMILES string of the molecule is C=C(C)C1CC[C@]2(C)[C@H](CC[C@H]3[C@@H]([C@@](C)(O)CC=CC(C)(C)O)CC[C@@]32C)[C@@]1(C)CCC(=O)OC. The molecule has 3 aliphatic rings. The third-order valence-corrected chi connectivity index (χ3v) is 11.2. The minimum Gasteiger partial charge on any atom is -0.469 e. The molecule has 0 bridgehead atoms. The highest BCUT2D eigenvalue weighted by atomic mass is 16.5. The molecule has 3 aliphatic carbocycles. The van der Waals surface area contributed by atoms with Crippen molar-refractivity contribution in [3.8, 4) is 0 Å². The molecule has 0 aliphatic heterocycles. The van der Waals surface area contributed by atoms with Crippen molar-refractivity contribution < 1.29 is 19.7 Å². The van der Waals surface area contributed by atoms with Crippen LogP contribution in [-0.4, -0.2) is 34.5 Å². The summed E-state index contributed by atoms with van der Waals surface area (Å²) in [5.74, 6) is 1.58. The maximum atomic E-state index is 12.2. The van der Waals surface area contributed by atoms with Crippen molar-refractivity contribution in [2.75, 3.05) is 7.11 Å². The van der Waals surface area contributed by atoms with Crippen LogP contribution in [0.4, 0.5) is 0 Å². The minimum atomic E-state index is -0.859. The van der Waals surface area contributed by atoms with Crippen molar-refractivity contribution in [3.63, 3.8) is 0 Å². The van der Waals surface area contributed by atoms with Crippen LogP contribution in [0.3, 0.4) is 0 Å². The van der Waals surface area contributed by atoms with Gasteiger partial charge in [-0.25, -0.2) is 0 Å². The van der Waals surface area contributed by atoms with Gasteiger partial charge in [0.2, 0.25) is 0 Å². The van der Waals surface area contributed by atoms with Crippen LogP contribution in [0, 0.1) is 39.9 Å². The Morgan fingerprint density at radius 2 is 1.69 bits per heavy atom. The molecule has 0 aromatic heterocycles. The number of fused-ring (bicyclic) bond motifs is 3. The van der Waals surface area contributed by atoms with Gasteiger partial charge in [0, 0.05) is 6.42 Å². The largest absolute Gasteiger partial charge is 0.469 e. The highest BCUT2D eigenvalue weighted by molar-refractivity contribution is 5.69. The number of hydrogen-bond donors (Lipinski definition) is 2. The standard InChI is InChI=1S/C31H52O4/c1-21(2)22-13-20-30(7)25(28(22,5)18-15-26(32)35-9)12-11-23-24(14-19-29(23,30)6)31(8,34)17-10-16-27(3,4)33/h10,16,22-25,33-34H,1,11-15,17-20H2,2-9H3/t22?,23-,24-,25+,28-,29-,30+,31-/m0/s1. The first kappa shape index (κ1) is 28.4. The molecule has 4 nitrogen and oxygen atoms in total. The molecule has 0 aromatic rings. The van der Waals surface area contributed by atoms with Crippen LogP contribution in [0.1, 0.15) is 106 Å². The summed E-state index contributed by atoms with van der Waals surface area (Å²) in [4.78, 5) is 12.2. The van der Waals surface area contributed by atoms with E-state index in [1.165, 1.54) is 19.1 Å². The van der Waals surface area contributed by atoms with Gasteiger partial charge < -0.3 is 14.9 Å². The smallest absolute Gasteiger partial charge is 0.305 e. The number of allylic oxidation sites excluding steroid dienone is 1. The molecule has 3 fully saturated rings. The average molecular weight is 489 g/mol. The number of ether oxygens (including phenoxy) is 1. The molecule has 1 unspecified atom stereocenters. The van der Waals surface area contributed by atoms with Gasteiger partial charge in [-0.3, -0.25) is 4.79 Å². The molecule has 4 heteroatoms. The quantitative estimate of drug-likeness (QED) is 0.290. The molecule has 0 amide bonds. The first-order valence-corrected chi connectivity index (χ1v) is 13.9. The van der Waals surface area contributed by atoms with Gasteiger partial charge in [-0.15, -0.1) is 0 Å².